The molecule has 0 N–H and O–H groups in total. The van der Waals surface area contributed by atoms with Gasteiger partial charge in [0.1, 0.15) is 0 Å². The number of rotatable bonds is 4. The molecule has 1 rings (SSSR count). The van der Waals surface area contributed by atoms with Crippen molar-refractivity contribution < 1.29 is 0 Å². The van der Waals surface area contributed by atoms with Crippen LogP contribution in [-0.4, -0.2) is 7.28 Å². The Morgan fingerprint density at radius 2 is 1.71 bits per heavy atom. The Morgan fingerprint density at radius 3 is 2.21 bits per heavy atom. The molecular weight excluding hydrogens is 167 g/mol. The van der Waals surface area contributed by atoms with Gasteiger partial charge in [-0.2, -0.15) is 0 Å². The maximum absolute atomic E-state index is 2.36. The summed E-state index contributed by atoms with van der Waals surface area (Å²) >= 11 is 0. The van der Waals surface area contributed by atoms with Crippen LogP contribution in [0.5, 0.6) is 0 Å². The summed E-state index contributed by atoms with van der Waals surface area (Å²) in [6.07, 6.45) is 2.58. The molecule has 0 atom stereocenters. The molecule has 0 bridgehead atoms. The van der Waals surface area contributed by atoms with Crippen LogP contribution in [0.25, 0.3) is 0 Å². The van der Waals surface area contributed by atoms with Crippen LogP contribution in [0.4, 0.5) is 0 Å². The SMILES string of the molecule is CCCC(C)(C)Bc1ccc(C)cc1. The zero-order chi connectivity index (χ0) is 10.6. The minimum absolute atomic E-state index is 0.448. The van der Waals surface area contributed by atoms with E-state index in [1.54, 1.807) is 0 Å². The van der Waals surface area contributed by atoms with Gasteiger partial charge in [-0.3, -0.25) is 0 Å². The second-order valence-corrected chi connectivity index (χ2v) is 5.08. The summed E-state index contributed by atoms with van der Waals surface area (Å²) in [6.45, 7) is 9.12. The number of aryl methyl sites for hydroxylation is 1. The summed E-state index contributed by atoms with van der Waals surface area (Å²) in [5.41, 5.74) is 2.82. The molecule has 0 radical (unpaired) electrons. The van der Waals surface area contributed by atoms with Gasteiger partial charge in [0, 0.05) is 0 Å². The van der Waals surface area contributed by atoms with Gasteiger partial charge in [0.2, 0.25) is 0 Å². The first kappa shape index (κ1) is 11.4. The van der Waals surface area contributed by atoms with Crippen molar-refractivity contribution in [3.8, 4) is 0 Å². The van der Waals surface area contributed by atoms with Crippen molar-refractivity contribution in [1.29, 1.82) is 0 Å². The third kappa shape index (κ3) is 3.57. The Bertz CT molecular complexity index is 272. The molecule has 0 amide bonds. The molecular formula is C13H21B. The molecule has 0 heterocycles. The molecule has 0 nitrogen and oxygen atoms in total. The van der Waals surface area contributed by atoms with E-state index in [-0.39, 0.29) is 0 Å². The van der Waals surface area contributed by atoms with Gasteiger partial charge in [-0.25, -0.2) is 0 Å². The molecule has 14 heavy (non-hydrogen) atoms. The van der Waals surface area contributed by atoms with Crippen molar-refractivity contribution in [2.45, 2.75) is 45.9 Å². The summed E-state index contributed by atoms with van der Waals surface area (Å²) in [5, 5.41) is 0.448. The van der Waals surface area contributed by atoms with E-state index < -0.39 is 0 Å². The Hall–Kier alpha value is -0.715. The van der Waals surface area contributed by atoms with E-state index in [4.69, 9.17) is 0 Å². The minimum Gasteiger partial charge on any atom is -0.0839 e. The molecule has 0 fully saturated rings. The molecule has 1 aromatic carbocycles. The molecule has 0 aliphatic carbocycles. The second-order valence-electron chi connectivity index (χ2n) is 5.08. The highest BCUT2D eigenvalue weighted by molar-refractivity contribution is 6.56. The molecule has 1 aromatic rings. The third-order valence-corrected chi connectivity index (χ3v) is 2.73. The van der Waals surface area contributed by atoms with Crippen LogP contribution >= 0.6 is 0 Å². The lowest BCUT2D eigenvalue weighted by atomic mass is 9.49. The smallest absolute Gasteiger partial charge is 0.0839 e. The molecule has 0 aliphatic heterocycles. The summed E-state index contributed by atoms with van der Waals surface area (Å²) < 4.78 is 0. The lowest BCUT2D eigenvalue weighted by Crippen LogP contribution is -2.25. The fraction of sp³-hybridized carbons (Fsp3) is 0.538. The van der Waals surface area contributed by atoms with Gasteiger partial charge in [-0.15, -0.1) is 0 Å². The highest BCUT2D eigenvalue weighted by Crippen LogP contribution is 2.28. The maximum Gasteiger partial charge on any atom is 0.163 e. The first-order chi connectivity index (χ1) is 6.53. The number of hydrogen-bond acceptors (Lipinski definition) is 0. The van der Waals surface area contributed by atoms with Crippen LogP contribution in [0.15, 0.2) is 24.3 Å². The zero-order valence-corrected chi connectivity index (χ0v) is 9.93. The molecule has 0 aromatic heterocycles. The van der Waals surface area contributed by atoms with Gasteiger partial charge in [0.15, 0.2) is 7.28 Å². The largest absolute Gasteiger partial charge is 0.163 e. The van der Waals surface area contributed by atoms with Crippen LogP contribution in [0.1, 0.15) is 39.2 Å². The predicted molar refractivity (Wildman–Crippen MR) is 66.9 cm³/mol. The zero-order valence-electron chi connectivity index (χ0n) is 9.93. The molecule has 76 valence electrons. The van der Waals surface area contributed by atoms with Crippen LogP contribution in [0, 0.1) is 6.92 Å². The average Bonchev–Trinajstić information content (AvgIpc) is 2.08. The van der Waals surface area contributed by atoms with Gasteiger partial charge < -0.3 is 0 Å². The minimum atomic E-state index is 0.448. The van der Waals surface area contributed by atoms with E-state index in [9.17, 15) is 0 Å². The Morgan fingerprint density at radius 1 is 1.14 bits per heavy atom. The second kappa shape index (κ2) is 4.68. The Balaban J connectivity index is 2.64. The quantitative estimate of drug-likeness (QED) is 0.637. The molecule has 0 spiro atoms. The summed E-state index contributed by atoms with van der Waals surface area (Å²) in [7, 11) is 1.20. The fourth-order valence-corrected chi connectivity index (χ4v) is 2.02. The normalized spacial score (nSPS) is 11.4. The summed E-state index contributed by atoms with van der Waals surface area (Å²) in [6, 6.07) is 8.92. The van der Waals surface area contributed by atoms with Gasteiger partial charge in [-0.1, -0.05) is 74.2 Å². The van der Waals surface area contributed by atoms with E-state index in [1.165, 1.54) is 31.1 Å². The fourth-order valence-electron chi connectivity index (χ4n) is 2.02. The van der Waals surface area contributed by atoms with E-state index >= 15 is 0 Å². The lowest BCUT2D eigenvalue weighted by Gasteiger charge is -2.22. The highest BCUT2D eigenvalue weighted by atomic mass is 14.1. The van der Waals surface area contributed by atoms with E-state index in [0.717, 1.165) is 0 Å². The van der Waals surface area contributed by atoms with Gasteiger partial charge in [0.05, 0.1) is 0 Å². The Labute approximate surface area is 89.0 Å². The number of benzene rings is 1. The van der Waals surface area contributed by atoms with E-state index in [1.807, 2.05) is 0 Å². The van der Waals surface area contributed by atoms with E-state index in [0.29, 0.717) is 5.31 Å². The van der Waals surface area contributed by atoms with Gasteiger partial charge in [0.25, 0.3) is 0 Å². The standard InChI is InChI=1S/C13H21B/c1-5-10-13(3,4)14-12-8-6-11(2)7-9-12/h6-9,14H,5,10H2,1-4H3. The average molecular weight is 188 g/mol. The van der Waals surface area contributed by atoms with E-state index in [2.05, 4.69) is 52.0 Å². The molecule has 1 heteroatoms. The third-order valence-electron chi connectivity index (χ3n) is 2.73. The van der Waals surface area contributed by atoms with Crippen LogP contribution < -0.4 is 5.46 Å². The topological polar surface area (TPSA) is 0 Å². The molecule has 0 unspecified atom stereocenters. The van der Waals surface area contributed by atoms with Crippen molar-refractivity contribution in [2.75, 3.05) is 0 Å². The first-order valence-electron chi connectivity index (χ1n) is 5.59. The number of hydrogen-bond donors (Lipinski definition) is 0. The van der Waals surface area contributed by atoms with Crippen molar-refractivity contribution in [3.05, 3.63) is 29.8 Å². The van der Waals surface area contributed by atoms with Crippen LogP contribution in [0.2, 0.25) is 5.31 Å². The van der Waals surface area contributed by atoms with Crippen LogP contribution in [0.3, 0.4) is 0 Å². The van der Waals surface area contributed by atoms with Crippen molar-refractivity contribution >= 4 is 12.7 Å². The summed E-state index contributed by atoms with van der Waals surface area (Å²) in [5.74, 6) is 0. The molecule has 0 aliphatic rings. The lowest BCUT2D eigenvalue weighted by molar-refractivity contribution is 0.596. The Kier molecular flexibility index (Phi) is 3.80. The van der Waals surface area contributed by atoms with Crippen molar-refractivity contribution in [3.63, 3.8) is 0 Å². The van der Waals surface area contributed by atoms with Gasteiger partial charge >= 0.3 is 0 Å². The summed E-state index contributed by atoms with van der Waals surface area (Å²) in [4.78, 5) is 0. The van der Waals surface area contributed by atoms with Crippen molar-refractivity contribution in [2.24, 2.45) is 0 Å². The monoisotopic (exact) mass is 188 g/mol. The highest BCUT2D eigenvalue weighted by Gasteiger charge is 2.18. The maximum atomic E-state index is 2.36. The first-order valence-corrected chi connectivity index (χ1v) is 5.59. The molecule has 0 saturated carbocycles. The van der Waals surface area contributed by atoms with Crippen LogP contribution in [-0.2, 0) is 0 Å². The molecule has 0 saturated heterocycles. The van der Waals surface area contributed by atoms with Gasteiger partial charge in [-0.05, 0) is 6.92 Å². The van der Waals surface area contributed by atoms with Crippen molar-refractivity contribution in [1.82, 2.24) is 0 Å². The predicted octanol–water partition coefficient (Wildman–Crippen LogP) is 3.06.